The highest BCUT2D eigenvalue weighted by molar-refractivity contribution is 5.48. The van der Waals surface area contributed by atoms with Crippen molar-refractivity contribution in [1.29, 1.82) is 0 Å². The van der Waals surface area contributed by atoms with Crippen LogP contribution >= 0.6 is 0 Å². The van der Waals surface area contributed by atoms with Crippen molar-refractivity contribution >= 4 is 5.69 Å². The van der Waals surface area contributed by atoms with E-state index in [-0.39, 0.29) is 12.0 Å². The van der Waals surface area contributed by atoms with Crippen molar-refractivity contribution in [2.24, 2.45) is 5.41 Å². The topological polar surface area (TPSA) is 32.3 Å². The highest BCUT2D eigenvalue weighted by Gasteiger charge is 2.15. The lowest BCUT2D eigenvalue weighted by Gasteiger charge is -2.22. The Hall–Kier alpha value is -1.02. The number of nitrogens with one attached hydrogen (secondary N) is 1. The standard InChI is InChI=1S/C13H21NO/c1-10-5-11(2)7-12(6-10)14-8-13(3,4)9-15/h5-7,14-15H,8-9H2,1-4H3. The monoisotopic (exact) mass is 207 g/mol. The van der Waals surface area contributed by atoms with Crippen LogP contribution in [0.5, 0.6) is 0 Å². The van der Waals surface area contributed by atoms with Crippen LogP contribution in [0.15, 0.2) is 18.2 Å². The van der Waals surface area contributed by atoms with Gasteiger partial charge in [-0.2, -0.15) is 0 Å². The van der Waals surface area contributed by atoms with Crippen LogP contribution in [0.25, 0.3) is 0 Å². The quantitative estimate of drug-likeness (QED) is 0.795. The molecule has 2 N–H and O–H groups in total. The van der Waals surface area contributed by atoms with E-state index < -0.39 is 0 Å². The first-order valence-corrected chi connectivity index (χ1v) is 5.36. The van der Waals surface area contributed by atoms with Crippen LogP contribution in [0.3, 0.4) is 0 Å². The second-order valence-electron chi connectivity index (χ2n) is 5.05. The maximum Gasteiger partial charge on any atom is 0.0498 e. The lowest BCUT2D eigenvalue weighted by molar-refractivity contribution is 0.171. The van der Waals surface area contributed by atoms with Crippen molar-refractivity contribution in [2.45, 2.75) is 27.7 Å². The second kappa shape index (κ2) is 4.67. The minimum atomic E-state index is -0.0718. The number of aliphatic hydroxyl groups is 1. The maximum absolute atomic E-state index is 9.14. The van der Waals surface area contributed by atoms with Gasteiger partial charge in [-0.3, -0.25) is 0 Å². The molecular formula is C13H21NO. The molecule has 0 saturated carbocycles. The Labute approximate surface area is 92.3 Å². The van der Waals surface area contributed by atoms with Gasteiger partial charge in [0.25, 0.3) is 0 Å². The molecule has 0 saturated heterocycles. The normalized spacial score (nSPS) is 11.5. The first kappa shape index (κ1) is 12.1. The third kappa shape index (κ3) is 3.92. The zero-order valence-electron chi connectivity index (χ0n) is 10.1. The largest absolute Gasteiger partial charge is 0.396 e. The van der Waals surface area contributed by atoms with Gasteiger partial charge in [0.2, 0.25) is 0 Å². The van der Waals surface area contributed by atoms with Crippen LogP contribution in [0.2, 0.25) is 0 Å². The molecule has 0 heterocycles. The van der Waals surface area contributed by atoms with E-state index in [1.807, 2.05) is 13.8 Å². The smallest absolute Gasteiger partial charge is 0.0498 e. The Morgan fingerprint density at radius 1 is 1.13 bits per heavy atom. The van der Waals surface area contributed by atoms with Gasteiger partial charge in [-0.15, -0.1) is 0 Å². The highest BCUT2D eigenvalue weighted by Crippen LogP contribution is 2.18. The molecule has 1 aromatic rings. The zero-order chi connectivity index (χ0) is 11.5. The molecule has 1 aromatic carbocycles. The van der Waals surface area contributed by atoms with Crippen LogP contribution in [0.1, 0.15) is 25.0 Å². The molecule has 0 spiro atoms. The number of aryl methyl sites for hydroxylation is 2. The Kier molecular flexibility index (Phi) is 3.75. The summed E-state index contributed by atoms with van der Waals surface area (Å²) in [5.41, 5.74) is 3.59. The van der Waals surface area contributed by atoms with Gasteiger partial charge in [-0.05, 0) is 37.1 Å². The molecule has 0 atom stereocenters. The molecule has 0 aliphatic heterocycles. The van der Waals surface area contributed by atoms with Crippen LogP contribution in [0, 0.1) is 19.3 Å². The third-order valence-electron chi connectivity index (χ3n) is 2.42. The van der Waals surface area contributed by atoms with Gasteiger partial charge in [0.15, 0.2) is 0 Å². The molecule has 84 valence electrons. The summed E-state index contributed by atoms with van der Waals surface area (Å²) in [5.74, 6) is 0. The Balaban J connectivity index is 2.65. The summed E-state index contributed by atoms with van der Waals surface area (Å²) in [7, 11) is 0. The summed E-state index contributed by atoms with van der Waals surface area (Å²) in [6.07, 6.45) is 0. The fourth-order valence-electron chi connectivity index (χ4n) is 1.47. The summed E-state index contributed by atoms with van der Waals surface area (Å²) in [6, 6.07) is 6.41. The number of hydrogen-bond donors (Lipinski definition) is 2. The van der Waals surface area contributed by atoms with E-state index >= 15 is 0 Å². The molecule has 0 unspecified atom stereocenters. The maximum atomic E-state index is 9.14. The number of benzene rings is 1. The molecule has 0 aliphatic carbocycles. The van der Waals surface area contributed by atoms with Crippen molar-refractivity contribution in [3.05, 3.63) is 29.3 Å². The molecule has 0 fully saturated rings. The lowest BCUT2D eigenvalue weighted by Crippen LogP contribution is -2.26. The highest BCUT2D eigenvalue weighted by atomic mass is 16.3. The van der Waals surface area contributed by atoms with Crippen LogP contribution < -0.4 is 5.32 Å². The van der Waals surface area contributed by atoms with Gasteiger partial charge in [-0.25, -0.2) is 0 Å². The van der Waals surface area contributed by atoms with Crippen LogP contribution in [0.4, 0.5) is 5.69 Å². The molecular weight excluding hydrogens is 186 g/mol. The predicted octanol–water partition coefficient (Wildman–Crippen LogP) is 2.73. The molecule has 0 amide bonds. The van der Waals surface area contributed by atoms with Gasteiger partial charge in [-0.1, -0.05) is 19.9 Å². The molecule has 1 rings (SSSR count). The lowest BCUT2D eigenvalue weighted by atomic mass is 9.95. The molecule has 15 heavy (non-hydrogen) atoms. The molecule has 2 nitrogen and oxygen atoms in total. The van der Waals surface area contributed by atoms with E-state index in [1.54, 1.807) is 0 Å². The van der Waals surface area contributed by atoms with E-state index in [4.69, 9.17) is 5.11 Å². The van der Waals surface area contributed by atoms with Gasteiger partial charge < -0.3 is 10.4 Å². The summed E-state index contributed by atoms with van der Waals surface area (Å²) < 4.78 is 0. The van der Waals surface area contributed by atoms with Gasteiger partial charge in [0.05, 0.1) is 0 Å². The summed E-state index contributed by atoms with van der Waals surface area (Å²) in [4.78, 5) is 0. The summed E-state index contributed by atoms with van der Waals surface area (Å²) >= 11 is 0. The molecule has 0 aromatic heterocycles. The van der Waals surface area contributed by atoms with E-state index in [1.165, 1.54) is 11.1 Å². The van der Waals surface area contributed by atoms with Crippen LogP contribution in [-0.4, -0.2) is 18.3 Å². The molecule has 0 aliphatic rings. The SMILES string of the molecule is Cc1cc(C)cc(NCC(C)(C)CO)c1. The van der Waals surface area contributed by atoms with Gasteiger partial charge in [0, 0.05) is 24.3 Å². The zero-order valence-corrected chi connectivity index (χ0v) is 10.1. The van der Waals surface area contributed by atoms with Crippen molar-refractivity contribution in [3.63, 3.8) is 0 Å². The second-order valence-corrected chi connectivity index (χ2v) is 5.05. The first-order chi connectivity index (χ1) is 6.93. The Bertz CT molecular complexity index is 311. The van der Waals surface area contributed by atoms with Crippen molar-refractivity contribution < 1.29 is 5.11 Å². The van der Waals surface area contributed by atoms with Gasteiger partial charge in [0.1, 0.15) is 0 Å². The van der Waals surface area contributed by atoms with E-state index in [2.05, 4.69) is 37.4 Å². The van der Waals surface area contributed by atoms with Crippen molar-refractivity contribution in [3.8, 4) is 0 Å². The van der Waals surface area contributed by atoms with E-state index in [0.717, 1.165) is 12.2 Å². The van der Waals surface area contributed by atoms with E-state index in [0.29, 0.717) is 0 Å². The summed E-state index contributed by atoms with van der Waals surface area (Å²) in [6.45, 7) is 9.26. The predicted molar refractivity (Wildman–Crippen MR) is 65.3 cm³/mol. The first-order valence-electron chi connectivity index (χ1n) is 5.36. The molecule has 0 radical (unpaired) electrons. The average Bonchev–Trinajstić information content (AvgIpc) is 2.14. The molecule has 0 bridgehead atoms. The Morgan fingerprint density at radius 2 is 1.67 bits per heavy atom. The third-order valence-corrected chi connectivity index (χ3v) is 2.42. The number of rotatable bonds is 4. The molecule has 2 heteroatoms. The minimum absolute atomic E-state index is 0.0718. The van der Waals surface area contributed by atoms with Crippen LogP contribution in [-0.2, 0) is 0 Å². The van der Waals surface area contributed by atoms with E-state index in [9.17, 15) is 0 Å². The fraction of sp³-hybridized carbons (Fsp3) is 0.538. The van der Waals surface area contributed by atoms with Crippen molar-refractivity contribution in [1.82, 2.24) is 0 Å². The minimum Gasteiger partial charge on any atom is -0.396 e. The van der Waals surface area contributed by atoms with Crippen molar-refractivity contribution in [2.75, 3.05) is 18.5 Å². The van der Waals surface area contributed by atoms with Gasteiger partial charge >= 0.3 is 0 Å². The number of aliphatic hydroxyl groups excluding tert-OH is 1. The average molecular weight is 207 g/mol. The summed E-state index contributed by atoms with van der Waals surface area (Å²) in [5, 5.41) is 12.5. The number of anilines is 1. The Morgan fingerprint density at radius 3 is 2.13 bits per heavy atom. The number of hydrogen-bond acceptors (Lipinski definition) is 2. The fourth-order valence-corrected chi connectivity index (χ4v) is 1.47.